The molecule has 0 amide bonds. The Hall–Kier alpha value is -0.860. The van der Waals surface area contributed by atoms with Crippen molar-refractivity contribution < 1.29 is 0 Å². The third kappa shape index (κ3) is 5.80. The van der Waals surface area contributed by atoms with Gasteiger partial charge in [0.1, 0.15) is 0 Å². The summed E-state index contributed by atoms with van der Waals surface area (Å²) in [4.78, 5) is 2.41. The van der Waals surface area contributed by atoms with E-state index in [4.69, 9.17) is 0 Å². The number of unbranched alkanes of at least 4 members (excludes halogenated alkanes) is 1. The van der Waals surface area contributed by atoms with Crippen LogP contribution in [0.4, 0.5) is 0 Å². The summed E-state index contributed by atoms with van der Waals surface area (Å²) < 4.78 is 0. The van der Waals surface area contributed by atoms with Crippen LogP contribution in [-0.2, 0) is 0 Å². The van der Waals surface area contributed by atoms with Gasteiger partial charge in [-0.15, -0.1) is 0 Å². The van der Waals surface area contributed by atoms with E-state index in [1.807, 2.05) is 0 Å². The highest BCUT2D eigenvalue weighted by molar-refractivity contribution is 5.39. The maximum atomic E-state index is 3.68. The lowest BCUT2D eigenvalue weighted by Gasteiger charge is -2.22. The molecule has 2 heteroatoms. The number of rotatable bonds is 8. The number of nitrogens with zero attached hydrogens (tertiary/aromatic N) is 1. The van der Waals surface area contributed by atoms with Crippen LogP contribution in [0.5, 0.6) is 0 Å². The summed E-state index contributed by atoms with van der Waals surface area (Å²) in [7, 11) is 2.21. The van der Waals surface area contributed by atoms with Gasteiger partial charge in [-0.05, 0) is 91.2 Å². The van der Waals surface area contributed by atoms with E-state index in [1.54, 1.807) is 0 Å². The fourth-order valence-corrected chi connectivity index (χ4v) is 3.04. The number of hydrogen-bond acceptors (Lipinski definition) is 2. The van der Waals surface area contributed by atoms with E-state index < -0.39 is 0 Å². The summed E-state index contributed by atoms with van der Waals surface area (Å²) in [6, 6.07) is 5.67. The molecule has 0 aliphatic heterocycles. The van der Waals surface area contributed by atoms with Gasteiger partial charge in [-0.2, -0.15) is 0 Å². The van der Waals surface area contributed by atoms with Crippen LogP contribution in [0.25, 0.3) is 0 Å². The molecule has 21 heavy (non-hydrogen) atoms. The van der Waals surface area contributed by atoms with Crippen molar-refractivity contribution in [3.63, 3.8) is 0 Å². The minimum atomic E-state index is 0.438. The molecule has 1 atom stereocenters. The van der Waals surface area contributed by atoms with Crippen molar-refractivity contribution in [3.8, 4) is 0 Å². The highest BCUT2D eigenvalue weighted by atomic mass is 15.1. The van der Waals surface area contributed by atoms with Crippen LogP contribution in [0.2, 0.25) is 0 Å². The summed E-state index contributed by atoms with van der Waals surface area (Å²) >= 11 is 0. The van der Waals surface area contributed by atoms with Gasteiger partial charge in [0.25, 0.3) is 0 Å². The molecule has 0 spiro atoms. The summed E-state index contributed by atoms with van der Waals surface area (Å²) in [6.45, 7) is 15.7. The van der Waals surface area contributed by atoms with Crippen LogP contribution in [0.3, 0.4) is 0 Å². The largest absolute Gasteiger partial charge is 0.310 e. The Morgan fingerprint density at radius 3 is 2.10 bits per heavy atom. The monoisotopic (exact) mass is 290 g/mol. The second kappa shape index (κ2) is 8.55. The Morgan fingerprint density at radius 1 is 1.00 bits per heavy atom. The zero-order chi connectivity index (χ0) is 16.0. The minimum absolute atomic E-state index is 0.438. The predicted molar refractivity (Wildman–Crippen MR) is 94.1 cm³/mol. The predicted octanol–water partition coefficient (Wildman–Crippen LogP) is 4.38. The quantitative estimate of drug-likeness (QED) is 0.715. The Kier molecular flexibility index (Phi) is 7.41. The van der Waals surface area contributed by atoms with Gasteiger partial charge in [0.15, 0.2) is 0 Å². The van der Waals surface area contributed by atoms with Gasteiger partial charge >= 0.3 is 0 Å². The van der Waals surface area contributed by atoms with E-state index in [-0.39, 0.29) is 0 Å². The molecule has 0 fully saturated rings. The normalized spacial score (nSPS) is 13.2. The van der Waals surface area contributed by atoms with Crippen LogP contribution in [0, 0.1) is 20.8 Å². The summed E-state index contributed by atoms with van der Waals surface area (Å²) in [5.74, 6) is 0. The van der Waals surface area contributed by atoms with Gasteiger partial charge in [0.05, 0.1) is 0 Å². The first-order valence-corrected chi connectivity index (χ1v) is 8.34. The standard InChI is InChI=1S/C19H34N2/c1-14(2)21(7)11-9-8-10-20-18(6)19-16(4)12-15(3)13-17(19)5/h12-14,18,20H,8-11H2,1-7H3. The SMILES string of the molecule is Cc1cc(C)c(C(C)NCCCCN(C)C(C)C)c(C)c1. The molecule has 1 unspecified atom stereocenters. The van der Waals surface area contributed by atoms with Gasteiger partial charge in [0.2, 0.25) is 0 Å². The lowest BCUT2D eigenvalue weighted by atomic mass is 9.95. The molecule has 1 rings (SSSR count). The molecule has 0 aliphatic carbocycles. The minimum Gasteiger partial charge on any atom is -0.310 e. The molecule has 0 saturated heterocycles. The number of benzene rings is 1. The van der Waals surface area contributed by atoms with Crippen molar-refractivity contribution in [1.82, 2.24) is 10.2 Å². The van der Waals surface area contributed by atoms with Gasteiger partial charge in [-0.1, -0.05) is 17.7 Å². The second-order valence-corrected chi connectivity index (χ2v) is 6.77. The first kappa shape index (κ1) is 18.2. The zero-order valence-electron chi connectivity index (χ0n) is 15.1. The van der Waals surface area contributed by atoms with Crippen LogP contribution >= 0.6 is 0 Å². The fraction of sp³-hybridized carbons (Fsp3) is 0.684. The van der Waals surface area contributed by atoms with Crippen LogP contribution in [-0.4, -0.2) is 31.1 Å². The molecule has 1 aromatic carbocycles. The van der Waals surface area contributed by atoms with Crippen molar-refractivity contribution in [3.05, 3.63) is 34.4 Å². The topological polar surface area (TPSA) is 15.3 Å². The molecule has 0 radical (unpaired) electrons. The van der Waals surface area contributed by atoms with E-state index in [9.17, 15) is 0 Å². The molecule has 1 aromatic rings. The third-order valence-electron chi connectivity index (χ3n) is 4.44. The van der Waals surface area contributed by atoms with E-state index in [0.29, 0.717) is 12.1 Å². The van der Waals surface area contributed by atoms with Crippen molar-refractivity contribution >= 4 is 0 Å². The van der Waals surface area contributed by atoms with Gasteiger partial charge in [0, 0.05) is 12.1 Å². The summed E-state index contributed by atoms with van der Waals surface area (Å²) in [6.07, 6.45) is 2.51. The lowest BCUT2D eigenvalue weighted by molar-refractivity contribution is 0.267. The van der Waals surface area contributed by atoms with E-state index in [1.165, 1.54) is 41.6 Å². The van der Waals surface area contributed by atoms with E-state index in [0.717, 1.165) is 6.54 Å². The maximum Gasteiger partial charge on any atom is 0.0297 e. The van der Waals surface area contributed by atoms with Crippen LogP contribution < -0.4 is 5.32 Å². The first-order chi connectivity index (χ1) is 9.82. The Labute approximate surface area is 131 Å². The molecule has 2 nitrogen and oxygen atoms in total. The Bertz CT molecular complexity index is 414. The fourth-order valence-electron chi connectivity index (χ4n) is 3.04. The molecule has 0 aliphatic rings. The summed E-state index contributed by atoms with van der Waals surface area (Å²) in [5, 5.41) is 3.68. The number of aryl methyl sites for hydroxylation is 3. The first-order valence-electron chi connectivity index (χ1n) is 8.34. The van der Waals surface area contributed by atoms with Crippen molar-refractivity contribution in [2.45, 2.75) is 66.5 Å². The Balaban J connectivity index is 2.40. The number of hydrogen-bond donors (Lipinski definition) is 1. The van der Waals surface area contributed by atoms with Crippen LogP contribution in [0.15, 0.2) is 12.1 Å². The van der Waals surface area contributed by atoms with E-state index in [2.05, 4.69) is 70.9 Å². The molecule has 120 valence electrons. The molecule has 0 aromatic heterocycles. The van der Waals surface area contributed by atoms with E-state index >= 15 is 0 Å². The maximum absolute atomic E-state index is 3.68. The zero-order valence-corrected chi connectivity index (χ0v) is 15.1. The average molecular weight is 290 g/mol. The van der Waals surface area contributed by atoms with Crippen molar-refractivity contribution in [1.29, 1.82) is 0 Å². The smallest absolute Gasteiger partial charge is 0.0297 e. The van der Waals surface area contributed by atoms with Crippen LogP contribution in [0.1, 0.15) is 61.9 Å². The molecule has 0 heterocycles. The molecule has 0 saturated carbocycles. The molecule has 0 bridgehead atoms. The van der Waals surface area contributed by atoms with Gasteiger partial charge < -0.3 is 10.2 Å². The molecular formula is C19H34N2. The lowest BCUT2D eigenvalue weighted by Crippen LogP contribution is -2.28. The van der Waals surface area contributed by atoms with Gasteiger partial charge in [-0.3, -0.25) is 0 Å². The molecule has 1 N–H and O–H groups in total. The number of nitrogens with one attached hydrogen (secondary N) is 1. The highest BCUT2D eigenvalue weighted by Crippen LogP contribution is 2.23. The summed E-state index contributed by atoms with van der Waals surface area (Å²) in [5.41, 5.74) is 5.65. The van der Waals surface area contributed by atoms with Gasteiger partial charge in [-0.25, -0.2) is 0 Å². The van der Waals surface area contributed by atoms with Crippen molar-refractivity contribution in [2.24, 2.45) is 0 Å². The highest BCUT2D eigenvalue weighted by Gasteiger charge is 2.11. The average Bonchev–Trinajstić information content (AvgIpc) is 2.36. The third-order valence-corrected chi connectivity index (χ3v) is 4.44. The Morgan fingerprint density at radius 2 is 1.57 bits per heavy atom. The second-order valence-electron chi connectivity index (χ2n) is 6.77. The van der Waals surface area contributed by atoms with Crippen molar-refractivity contribution in [2.75, 3.05) is 20.1 Å². The molecular weight excluding hydrogens is 256 g/mol.